The van der Waals surface area contributed by atoms with Gasteiger partial charge in [-0.1, -0.05) is 115 Å². The van der Waals surface area contributed by atoms with Crippen LogP contribution in [0, 0.1) is 5.92 Å². The molecule has 0 bridgehead atoms. The monoisotopic (exact) mass is 393 g/mol. The number of aryl methyl sites for hydroxylation is 1. The molecule has 0 aliphatic carbocycles. The zero-order valence-electron chi connectivity index (χ0n) is 19.3. The minimum absolute atomic E-state index is 0.751. The lowest BCUT2D eigenvalue weighted by molar-refractivity contribution is 0.487. The highest BCUT2D eigenvalue weighted by Gasteiger charge is 2.06. The lowest BCUT2D eigenvalue weighted by Crippen LogP contribution is -2.00. The molecule has 0 fully saturated rings. The zero-order valence-corrected chi connectivity index (χ0v) is 19.3. The Bertz CT molecular complexity index is 641. The molecule has 2 rings (SSSR count). The predicted octanol–water partition coefficient (Wildman–Crippen LogP) is 8.80. The molecule has 0 spiro atoms. The molecule has 0 aliphatic rings. The quantitative estimate of drug-likeness (QED) is 0.275. The topological polar surface area (TPSA) is 12.9 Å². The summed E-state index contributed by atoms with van der Waals surface area (Å²) in [6.07, 6.45) is 19.4. The van der Waals surface area contributed by atoms with Gasteiger partial charge in [0.05, 0.1) is 5.69 Å². The number of hydrogen-bond acceptors (Lipinski definition) is 1. The fraction of sp³-hybridized carbons (Fsp3) is 0.607. The van der Waals surface area contributed by atoms with Crippen molar-refractivity contribution < 1.29 is 0 Å². The molecule has 1 atom stereocenters. The van der Waals surface area contributed by atoms with Gasteiger partial charge in [-0.05, 0) is 42.4 Å². The second kappa shape index (κ2) is 14.4. The highest BCUT2D eigenvalue weighted by atomic mass is 14.7. The largest absolute Gasteiger partial charge is 0.256 e. The summed E-state index contributed by atoms with van der Waals surface area (Å²) in [6.45, 7) is 6.93. The highest BCUT2D eigenvalue weighted by Crippen LogP contribution is 2.21. The third kappa shape index (κ3) is 9.61. The van der Waals surface area contributed by atoms with Crippen LogP contribution in [0.2, 0.25) is 0 Å². The molecule has 29 heavy (non-hydrogen) atoms. The van der Waals surface area contributed by atoms with E-state index in [1.807, 2.05) is 0 Å². The number of rotatable bonds is 15. The summed E-state index contributed by atoms with van der Waals surface area (Å²) < 4.78 is 0. The molecule has 160 valence electrons. The number of pyridine rings is 1. The molecule has 1 heteroatoms. The first kappa shape index (κ1) is 23.6. The van der Waals surface area contributed by atoms with Crippen LogP contribution in [-0.4, -0.2) is 4.98 Å². The SMILES string of the molecule is CCCCCCCCc1ccc(-c2ccc(CC(C)CCCCCC)cn2)cc1. The number of unbranched alkanes of at least 4 members (excludes halogenated alkanes) is 8. The van der Waals surface area contributed by atoms with Crippen molar-refractivity contribution in [3.63, 3.8) is 0 Å². The fourth-order valence-electron chi connectivity index (χ4n) is 4.09. The third-order valence-electron chi connectivity index (χ3n) is 6.03. The maximum absolute atomic E-state index is 4.75. The first-order valence-electron chi connectivity index (χ1n) is 12.3. The van der Waals surface area contributed by atoms with E-state index in [0.29, 0.717) is 0 Å². The molecule has 0 aliphatic heterocycles. The Morgan fingerprint density at radius 1 is 0.690 bits per heavy atom. The van der Waals surface area contributed by atoms with Crippen LogP contribution in [0.5, 0.6) is 0 Å². The molecule has 0 saturated carbocycles. The second-order valence-corrected chi connectivity index (χ2v) is 8.93. The van der Waals surface area contributed by atoms with Gasteiger partial charge >= 0.3 is 0 Å². The van der Waals surface area contributed by atoms with Gasteiger partial charge in [0.2, 0.25) is 0 Å². The van der Waals surface area contributed by atoms with Crippen LogP contribution < -0.4 is 0 Å². The van der Waals surface area contributed by atoms with Crippen LogP contribution in [0.25, 0.3) is 11.3 Å². The molecule has 1 heterocycles. The average molecular weight is 394 g/mol. The van der Waals surface area contributed by atoms with Crippen molar-refractivity contribution in [3.8, 4) is 11.3 Å². The fourth-order valence-corrected chi connectivity index (χ4v) is 4.09. The van der Waals surface area contributed by atoms with Gasteiger partial charge in [0, 0.05) is 11.8 Å². The molecule has 2 aromatic rings. The van der Waals surface area contributed by atoms with E-state index >= 15 is 0 Å². The van der Waals surface area contributed by atoms with Crippen LogP contribution in [-0.2, 0) is 12.8 Å². The van der Waals surface area contributed by atoms with E-state index in [1.54, 1.807) is 0 Å². The van der Waals surface area contributed by atoms with E-state index < -0.39 is 0 Å². The van der Waals surface area contributed by atoms with Crippen molar-refractivity contribution in [3.05, 3.63) is 53.7 Å². The van der Waals surface area contributed by atoms with Gasteiger partial charge in [-0.2, -0.15) is 0 Å². The number of nitrogens with zero attached hydrogens (tertiary/aromatic N) is 1. The lowest BCUT2D eigenvalue weighted by atomic mass is 9.95. The van der Waals surface area contributed by atoms with Crippen molar-refractivity contribution in [2.24, 2.45) is 5.92 Å². The Morgan fingerprint density at radius 2 is 1.31 bits per heavy atom. The van der Waals surface area contributed by atoms with Crippen molar-refractivity contribution >= 4 is 0 Å². The third-order valence-corrected chi connectivity index (χ3v) is 6.03. The second-order valence-electron chi connectivity index (χ2n) is 8.93. The Labute approximate surface area is 180 Å². The van der Waals surface area contributed by atoms with Crippen LogP contribution >= 0.6 is 0 Å². The Hall–Kier alpha value is -1.63. The Balaban J connectivity index is 1.76. The lowest BCUT2D eigenvalue weighted by Gasteiger charge is -2.11. The number of benzene rings is 1. The van der Waals surface area contributed by atoms with E-state index in [4.69, 9.17) is 4.98 Å². The molecule has 1 nitrogen and oxygen atoms in total. The van der Waals surface area contributed by atoms with Crippen molar-refractivity contribution in [1.29, 1.82) is 0 Å². The highest BCUT2D eigenvalue weighted by molar-refractivity contribution is 5.59. The summed E-state index contributed by atoms with van der Waals surface area (Å²) in [5.41, 5.74) is 5.15. The van der Waals surface area contributed by atoms with Gasteiger partial charge in [-0.25, -0.2) is 0 Å². The number of aromatic nitrogens is 1. The van der Waals surface area contributed by atoms with E-state index in [1.165, 1.54) is 93.7 Å². The van der Waals surface area contributed by atoms with E-state index in [9.17, 15) is 0 Å². The minimum atomic E-state index is 0.751. The Morgan fingerprint density at radius 3 is 1.97 bits per heavy atom. The maximum atomic E-state index is 4.75. The molecule has 0 amide bonds. The molecule has 1 unspecified atom stereocenters. The van der Waals surface area contributed by atoms with Crippen LogP contribution in [0.1, 0.15) is 103 Å². The van der Waals surface area contributed by atoms with Gasteiger partial charge < -0.3 is 0 Å². The summed E-state index contributed by atoms with van der Waals surface area (Å²) in [6, 6.07) is 13.5. The van der Waals surface area contributed by atoms with Crippen LogP contribution in [0.4, 0.5) is 0 Å². The van der Waals surface area contributed by atoms with Crippen LogP contribution in [0.3, 0.4) is 0 Å². The Kier molecular flexibility index (Phi) is 11.7. The maximum Gasteiger partial charge on any atom is 0.0702 e. The summed E-state index contributed by atoms with van der Waals surface area (Å²) in [5, 5.41) is 0. The molecule has 1 aromatic carbocycles. The zero-order chi connectivity index (χ0) is 20.7. The van der Waals surface area contributed by atoms with E-state index in [-0.39, 0.29) is 0 Å². The van der Waals surface area contributed by atoms with Crippen molar-refractivity contribution in [1.82, 2.24) is 4.98 Å². The molecular weight excluding hydrogens is 350 g/mol. The van der Waals surface area contributed by atoms with E-state index in [2.05, 4.69) is 63.4 Å². The normalized spacial score (nSPS) is 12.2. The summed E-state index contributed by atoms with van der Waals surface area (Å²) in [5.74, 6) is 0.751. The van der Waals surface area contributed by atoms with Gasteiger partial charge in [-0.15, -0.1) is 0 Å². The average Bonchev–Trinajstić information content (AvgIpc) is 2.75. The molecule has 0 saturated heterocycles. The standard InChI is InChI=1S/C28H43N/c1-4-6-8-10-11-13-15-25-16-19-27(20-17-25)28-21-18-26(23-29-28)22-24(3)14-12-9-7-5-2/h16-21,23-24H,4-15,22H2,1-3H3. The van der Waals surface area contributed by atoms with E-state index in [0.717, 1.165) is 18.0 Å². The van der Waals surface area contributed by atoms with Crippen molar-refractivity contribution in [2.45, 2.75) is 104 Å². The first-order valence-corrected chi connectivity index (χ1v) is 12.3. The predicted molar refractivity (Wildman–Crippen MR) is 128 cm³/mol. The molecule has 0 N–H and O–H groups in total. The first-order chi connectivity index (χ1) is 14.2. The summed E-state index contributed by atoms with van der Waals surface area (Å²) >= 11 is 0. The minimum Gasteiger partial charge on any atom is -0.256 e. The molecule has 1 aromatic heterocycles. The molecular formula is C28H43N. The van der Waals surface area contributed by atoms with Crippen LogP contribution in [0.15, 0.2) is 42.6 Å². The van der Waals surface area contributed by atoms with Gasteiger partial charge in [0.25, 0.3) is 0 Å². The summed E-state index contributed by atoms with van der Waals surface area (Å²) in [4.78, 5) is 4.75. The van der Waals surface area contributed by atoms with Gasteiger partial charge in [0.15, 0.2) is 0 Å². The smallest absolute Gasteiger partial charge is 0.0702 e. The number of hydrogen-bond donors (Lipinski definition) is 0. The molecule has 0 radical (unpaired) electrons. The van der Waals surface area contributed by atoms with Gasteiger partial charge in [-0.3, -0.25) is 4.98 Å². The van der Waals surface area contributed by atoms with Crippen molar-refractivity contribution in [2.75, 3.05) is 0 Å². The van der Waals surface area contributed by atoms with Gasteiger partial charge in [0.1, 0.15) is 0 Å². The summed E-state index contributed by atoms with van der Waals surface area (Å²) in [7, 11) is 0.